The molecule has 0 bridgehead atoms. The summed E-state index contributed by atoms with van der Waals surface area (Å²) in [6.07, 6.45) is 14.0. The summed E-state index contributed by atoms with van der Waals surface area (Å²) in [7, 11) is 0. The van der Waals surface area contributed by atoms with E-state index in [1.54, 1.807) is 0 Å². The summed E-state index contributed by atoms with van der Waals surface area (Å²) in [6.45, 7) is 0. The van der Waals surface area contributed by atoms with Crippen LogP contribution >= 0.6 is 0 Å². The Morgan fingerprint density at radius 2 is 0.938 bits per heavy atom. The van der Waals surface area contributed by atoms with Gasteiger partial charge in [0, 0.05) is 0 Å². The maximum Gasteiger partial charge on any atom is 0.0601 e. The predicted octanol–water partition coefficient (Wildman–Crippen LogP) is 3.75. The Balaban J connectivity index is 1.62. The van der Waals surface area contributed by atoms with Crippen molar-refractivity contribution in [3.63, 3.8) is 0 Å². The van der Waals surface area contributed by atoms with Crippen molar-refractivity contribution < 1.29 is 5.11 Å². The number of aliphatic hydroxyl groups is 1. The lowest BCUT2D eigenvalue weighted by Gasteiger charge is -2.27. The van der Waals surface area contributed by atoms with Gasteiger partial charge in [0.05, 0.1) is 6.10 Å². The predicted molar refractivity (Wildman–Crippen MR) is 66.1 cm³/mol. The van der Waals surface area contributed by atoms with E-state index in [4.69, 9.17) is 0 Å². The van der Waals surface area contributed by atoms with Crippen molar-refractivity contribution in [2.75, 3.05) is 0 Å². The maximum atomic E-state index is 10.6. The minimum Gasteiger partial charge on any atom is -0.393 e. The fraction of sp³-hybridized carbons (Fsp3) is 1.00. The fourth-order valence-corrected chi connectivity index (χ4v) is 4.84. The van der Waals surface area contributed by atoms with E-state index in [1.165, 1.54) is 64.2 Å². The Morgan fingerprint density at radius 1 is 0.562 bits per heavy atom. The zero-order valence-corrected chi connectivity index (χ0v) is 10.4. The third-order valence-corrected chi connectivity index (χ3v) is 5.72. The molecule has 2 atom stereocenters. The SMILES string of the molecule is OC1C(C2CCCC2)CCC1C1CCCC1. The first-order valence-corrected chi connectivity index (χ1v) is 7.54. The van der Waals surface area contributed by atoms with Gasteiger partial charge in [0.25, 0.3) is 0 Å². The summed E-state index contributed by atoms with van der Waals surface area (Å²) < 4.78 is 0. The molecule has 3 aliphatic carbocycles. The van der Waals surface area contributed by atoms with Crippen molar-refractivity contribution in [3.05, 3.63) is 0 Å². The largest absolute Gasteiger partial charge is 0.393 e. The van der Waals surface area contributed by atoms with Gasteiger partial charge in [-0.1, -0.05) is 51.4 Å². The van der Waals surface area contributed by atoms with Gasteiger partial charge in [-0.05, 0) is 36.5 Å². The molecule has 92 valence electrons. The minimum absolute atomic E-state index is 0.0613. The second-order valence-corrected chi connectivity index (χ2v) is 6.48. The summed E-state index contributed by atoms with van der Waals surface area (Å²) in [5, 5.41) is 10.6. The first-order chi connectivity index (χ1) is 7.86. The Kier molecular flexibility index (Phi) is 3.24. The van der Waals surface area contributed by atoms with Crippen LogP contribution in [0.2, 0.25) is 0 Å². The first-order valence-electron chi connectivity index (χ1n) is 7.54. The normalized spacial score (nSPS) is 42.2. The third-order valence-electron chi connectivity index (χ3n) is 5.72. The molecule has 16 heavy (non-hydrogen) atoms. The van der Waals surface area contributed by atoms with E-state index >= 15 is 0 Å². The van der Waals surface area contributed by atoms with Crippen LogP contribution in [0.3, 0.4) is 0 Å². The fourth-order valence-electron chi connectivity index (χ4n) is 4.84. The van der Waals surface area contributed by atoms with Crippen LogP contribution in [0.1, 0.15) is 64.2 Å². The van der Waals surface area contributed by atoms with Crippen LogP contribution < -0.4 is 0 Å². The monoisotopic (exact) mass is 222 g/mol. The molecule has 0 radical (unpaired) electrons. The van der Waals surface area contributed by atoms with Crippen LogP contribution in [-0.4, -0.2) is 11.2 Å². The van der Waals surface area contributed by atoms with Crippen LogP contribution in [0.25, 0.3) is 0 Å². The van der Waals surface area contributed by atoms with E-state index in [2.05, 4.69) is 0 Å². The lowest BCUT2D eigenvalue weighted by molar-refractivity contribution is 0.0438. The minimum atomic E-state index is 0.0613. The highest BCUT2D eigenvalue weighted by Crippen LogP contribution is 2.48. The summed E-state index contributed by atoms with van der Waals surface area (Å²) >= 11 is 0. The number of rotatable bonds is 2. The molecule has 1 N–H and O–H groups in total. The Hall–Kier alpha value is -0.0400. The first kappa shape index (κ1) is 11.1. The topological polar surface area (TPSA) is 20.2 Å². The van der Waals surface area contributed by atoms with Gasteiger partial charge in [0.15, 0.2) is 0 Å². The molecule has 3 saturated carbocycles. The number of hydrogen-bond donors (Lipinski definition) is 1. The molecule has 0 spiro atoms. The molecule has 0 amide bonds. The van der Waals surface area contributed by atoms with Crippen LogP contribution in [0.15, 0.2) is 0 Å². The summed E-state index contributed by atoms with van der Waals surface area (Å²) in [6, 6.07) is 0. The average molecular weight is 222 g/mol. The molecule has 0 aromatic rings. The van der Waals surface area contributed by atoms with Crippen molar-refractivity contribution >= 4 is 0 Å². The van der Waals surface area contributed by atoms with Crippen molar-refractivity contribution in [1.82, 2.24) is 0 Å². The molecule has 2 unspecified atom stereocenters. The van der Waals surface area contributed by atoms with Gasteiger partial charge in [0.1, 0.15) is 0 Å². The molecule has 3 rings (SSSR count). The Bertz CT molecular complexity index is 202. The van der Waals surface area contributed by atoms with Gasteiger partial charge in [-0.2, -0.15) is 0 Å². The van der Waals surface area contributed by atoms with Crippen LogP contribution in [-0.2, 0) is 0 Å². The second kappa shape index (κ2) is 4.68. The van der Waals surface area contributed by atoms with Gasteiger partial charge in [-0.3, -0.25) is 0 Å². The summed E-state index contributed by atoms with van der Waals surface area (Å²) in [4.78, 5) is 0. The Morgan fingerprint density at radius 3 is 1.31 bits per heavy atom. The zero-order valence-electron chi connectivity index (χ0n) is 10.4. The van der Waals surface area contributed by atoms with Crippen molar-refractivity contribution in [2.24, 2.45) is 23.7 Å². The molecule has 0 heterocycles. The quantitative estimate of drug-likeness (QED) is 0.754. The molecule has 1 heteroatoms. The molecule has 1 nitrogen and oxygen atoms in total. The zero-order chi connectivity index (χ0) is 11.0. The Labute approximate surface area is 99.6 Å². The molecule has 3 aliphatic rings. The van der Waals surface area contributed by atoms with Gasteiger partial charge >= 0.3 is 0 Å². The van der Waals surface area contributed by atoms with E-state index in [9.17, 15) is 5.11 Å². The molecule has 0 aromatic heterocycles. The average Bonchev–Trinajstić information content (AvgIpc) is 2.96. The third kappa shape index (κ3) is 1.92. The lowest BCUT2D eigenvalue weighted by atomic mass is 9.82. The van der Waals surface area contributed by atoms with Gasteiger partial charge in [0.2, 0.25) is 0 Å². The van der Waals surface area contributed by atoms with E-state index in [1.807, 2.05) is 0 Å². The van der Waals surface area contributed by atoms with Crippen LogP contribution in [0.4, 0.5) is 0 Å². The van der Waals surface area contributed by atoms with E-state index < -0.39 is 0 Å². The van der Waals surface area contributed by atoms with Crippen LogP contribution in [0, 0.1) is 23.7 Å². The van der Waals surface area contributed by atoms with E-state index in [0.717, 1.165) is 11.8 Å². The van der Waals surface area contributed by atoms with Gasteiger partial charge in [-0.15, -0.1) is 0 Å². The highest BCUT2D eigenvalue weighted by Gasteiger charge is 2.43. The molecule has 0 saturated heterocycles. The second-order valence-electron chi connectivity index (χ2n) is 6.48. The molecule has 0 aromatic carbocycles. The standard InChI is InChI=1S/C15H26O/c16-15-13(11-5-1-2-6-11)9-10-14(15)12-7-3-4-8-12/h11-16H,1-10H2. The number of aliphatic hydroxyl groups excluding tert-OH is 1. The number of hydrogen-bond acceptors (Lipinski definition) is 1. The smallest absolute Gasteiger partial charge is 0.0601 e. The summed E-state index contributed by atoms with van der Waals surface area (Å²) in [5.74, 6) is 3.10. The molecular formula is C15H26O. The highest BCUT2D eigenvalue weighted by molar-refractivity contribution is 4.93. The van der Waals surface area contributed by atoms with E-state index in [-0.39, 0.29) is 6.10 Å². The van der Waals surface area contributed by atoms with Crippen molar-refractivity contribution in [3.8, 4) is 0 Å². The maximum absolute atomic E-state index is 10.6. The summed E-state index contributed by atoms with van der Waals surface area (Å²) in [5.41, 5.74) is 0. The van der Waals surface area contributed by atoms with Crippen molar-refractivity contribution in [1.29, 1.82) is 0 Å². The van der Waals surface area contributed by atoms with Crippen molar-refractivity contribution in [2.45, 2.75) is 70.3 Å². The lowest BCUT2D eigenvalue weighted by Crippen LogP contribution is -2.29. The molecular weight excluding hydrogens is 196 g/mol. The van der Waals surface area contributed by atoms with Crippen LogP contribution in [0.5, 0.6) is 0 Å². The van der Waals surface area contributed by atoms with Gasteiger partial charge in [-0.25, -0.2) is 0 Å². The van der Waals surface area contributed by atoms with E-state index in [0.29, 0.717) is 11.8 Å². The molecule has 0 aliphatic heterocycles. The van der Waals surface area contributed by atoms with Gasteiger partial charge < -0.3 is 5.11 Å². The molecule has 3 fully saturated rings. The highest BCUT2D eigenvalue weighted by atomic mass is 16.3.